The summed E-state index contributed by atoms with van der Waals surface area (Å²) >= 11 is 5.91. The highest BCUT2D eigenvalue weighted by atomic mass is 35.5. The number of likely N-dealkylation sites (N-methyl/N-ethyl adjacent to an activating group) is 1. The van der Waals surface area contributed by atoms with Gasteiger partial charge in [0.25, 0.3) is 0 Å². The smallest absolute Gasteiger partial charge is 0.237 e. The van der Waals surface area contributed by atoms with Crippen molar-refractivity contribution in [3.05, 3.63) is 58.5 Å². The van der Waals surface area contributed by atoms with Crippen LogP contribution < -0.4 is 0 Å². The summed E-state index contributed by atoms with van der Waals surface area (Å²) in [7, 11) is 1.97. The van der Waals surface area contributed by atoms with Gasteiger partial charge in [-0.3, -0.25) is 9.69 Å². The maximum absolute atomic E-state index is 12.7. The van der Waals surface area contributed by atoms with E-state index in [1.165, 1.54) is 0 Å². The second kappa shape index (κ2) is 7.41. The summed E-state index contributed by atoms with van der Waals surface area (Å²) in [5.74, 6) is 1.89. The molecule has 0 unspecified atom stereocenters. The minimum atomic E-state index is 0.156. The molecule has 1 aromatic carbocycles. The van der Waals surface area contributed by atoms with E-state index in [1.54, 1.807) is 0 Å². The topological polar surface area (TPSA) is 36.7 Å². The van der Waals surface area contributed by atoms with Gasteiger partial charge in [-0.2, -0.15) is 0 Å². The summed E-state index contributed by atoms with van der Waals surface area (Å²) in [5, 5.41) is 0.728. The molecule has 1 aliphatic rings. The largest absolute Gasteiger partial charge is 0.464 e. The Balaban J connectivity index is 1.57. The van der Waals surface area contributed by atoms with Gasteiger partial charge in [-0.1, -0.05) is 23.7 Å². The molecule has 1 heterocycles. The molecule has 1 saturated carbocycles. The average molecular weight is 347 g/mol. The van der Waals surface area contributed by atoms with Crippen LogP contribution in [0.5, 0.6) is 0 Å². The fourth-order valence-electron chi connectivity index (χ4n) is 2.82. The number of carbonyl (C=O) groups excluding carboxylic acids is 1. The molecule has 0 N–H and O–H groups in total. The standard InChI is InChI=1S/C19H23ClN2O2/c1-14-3-10-18(24-14)12-22(17-8-9-17)19(23)13-21(2)11-15-4-6-16(20)7-5-15/h3-7,10,17H,8-9,11-13H2,1-2H3. The number of amides is 1. The number of furan rings is 1. The fourth-order valence-corrected chi connectivity index (χ4v) is 2.95. The summed E-state index contributed by atoms with van der Waals surface area (Å²) in [4.78, 5) is 16.7. The minimum Gasteiger partial charge on any atom is -0.464 e. The van der Waals surface area contributed by atoms with E-state index in [1.807, 2.05) is 60.2 Å². The first-order chi connectivity index (χ1) is 11.5. The van der Waals surface area contributed by atoms with Crippen LogP contribution in [0, 0.1) is 6.92 Å². The molecule has 0 bridgehead atoms. The molecule has 0 aliphatic heterocycles. The minimum absolute atomic E-state index is 0.156. The van der Waals surface area contributed by atoms with Crippen LogP contribution in [0.25, 0.3) is 0 Å². The van der Waals surface area contributed by atoms with Crippen molar-refractivity contribution >= 4 is 17.5 Å². The molecule has 0 spiro atoms. The zero-order chi connectivity index (χ0) is 17.1. The molecule has 0 saturated heterocycles. The number of rotatable bonds is 7. The fraction of sp³-hybridized carbons (Fsp3) is 0.421. The van der Waals surface area contributed by atoms with Gasteiger partial charge in [-0.15, -0.1) is 0 Å². The Bertz CT molecular complexity index is 692. The molecule has 2 aromatic rings. The third-order valence-corrected chi connectivity index (χ3v) is 4.45. The van der Waals surface area contributed by atoms with E-state index in [2.05, 4.69) is 0 Å². The maximum Gasteiger partial charge on any atom is 0.237 e. The molecule has 3 rings (SSSR count). The molecule has 0 atom stereocenters. The molecule has 4 nitrogen and oxygen atoms in total. The number of benzene rings is 1. The predicted molar refractivity (Wildman–Crippen MR) is 94.8 cm³/mol. The Hall–Kier alpha value is -1.78. The monoisotopic (exact) mass is 346 g/mol. The van der Waals surface area contributed by atoms with Crippen molar-refractivity contribution in [1.29, 1.82) is 0 Å². The van der Waals surface area contributed by atoms with Gasteiger partial charge in [0.05, 0.1) is 13.1 Å². The van der Waals surface area contributed by atoms with Crippen LogP contribution in [0.2, 0.25) is 5.02 Å². The van der Waals surface area contributed by atoms with E-state index < -0.39 is 0 Å². The van der Waals surface area contributed by atoms with Crippen LogP contribution in [-0.2, 0) is 17.9 Å². The molecule has 1 fully saturated rings. The van der Waals surface area contributed by atoms with Crippen molar-refractivity contribution < 1.29 is 9.21 Å². The third-order valence-electron chi connectivity index (χ3n) is 4.20. The lowest BCUT2D eigenvalue weighted by Crippen LogP contribution is -2.39. The van der Waals surface area contributed by atoms with Gasteiger partial charge in [0, 0.05) is 17.6 Å². The highest BCUT2D eigenvalue weighted by Gasteiger charge is 2.33. The quantitative estimate of drug-likeness (QED) is 0.763. The summed E-state index contributed by atoms with van der Waals surface area (Å²) in [5.41, 5.74) is 1.15. The number of hydrogen-bond donors (Lipinski definition) is 0. The first kappa shape index (κ1) is 17.1. The van der Waals surface area contributed by atoms with Crippen LogP contribution in [-0.4, -0.2) is 35.3 Å². The van der Waals surface area contributed by atoms with Gasteiger partial charge < -0.3 is 9.32 Å². The van der Waals surface area contributed by atoms with E-state index in [4.69, 9.17) is 16.0 Å². The lowest BCUT2D eigenvalue weighted by molar-refractivity contribution is -0.133. The van der Waals surface area contributed by atoms with Crippen LogP contribution in [0.3, 0.4) is 0 Å². The Morgan fingerprint density at radius 1 is 1.17 bits per heavy atom. The van der Waals surface area contributed by atoms with Crippen molar-refractivity contribution in [1.82, 2.24) is 9.80 Å². The number of hydrogen-bond acceptors (Lipinski definition) is 3. The highest BCUT2D eigenvalue weighted by Crippen LogP contribution is 2.29. The van der Waals surface area contributed by atoms with Crippen LogP contribution >= 0.6 is 11.6 Å². The molecule has 1 amide bonds. The lowest BCUT2D eigenvalue weighted by atomic mass is 10.2. The molecule has 1 aromatic heterocycles. The number of halogens is 1. The average Bonchev–Trinajstić information content (AvgIpc) is 3.29. The second-order valence-corrected chi connectivity index (χ2v) is 7.00. The van der Waals surface area contributed by atoms with Gasteiger partial charge in [0.15, 0.2) is 0 Å². The summed E-state index contributed by atoms with van der Waals surface area (Å²) in [6, 6.07) is 12.0. The van der Waals surface area contributed by atoms with Crippen LogP contribution in [0.15, 0.2) is 40.8 Å². The van der Waals surface area contributed by atoms with E-state index in [-0.39, 0.29) is 5.91 Å². The number of aryl methyl sites for hydroxylation is 1. The van der Waals surface area contributed by atoms with Crippen molar-refractivity contribution in [2.45, 2.75) is 38.9 Å². The first-order valence-electron chi connectivity index (χ1n) is 8.29. The molecule has 5 heteroatoms. The van der Waals surface area contributed by atoms with Gasteiger partial charge >= 0.3 is 0 Å². The molecular formula is C19H23ClN2O2. The van der Waals surface area contributed by atoms with Gasteiger partial charge in [0.1, 0.15) is 11.5 Å². The van der Waals surface area contributed by atoms with Gasteiger partial charge in [0.2, 0.25) is 5.91 Å². The van der Waals surface area contributed by atoms with E-state index in [0.717, 1.165) is 41.5 Å². The summed E-state index contributed by atoms with van der Waals surface area (Å²) in [6.07, 6.45) is 2.18. The first-order valence-corrected chi connectivity index (χ1v) is 8.67. The second-order valence-electron chi connectivity index (χ2n) is 6.56. The molecular weight excluding hydrogens is 324 g/mol. The predicted octanol–water partition coefficient (Wildman–Crippen LogP) is 3.86. The third kappa shape index (κ3) is 4.62. The SMILES string of the molecule is Cc1ccc(CN(C(=O)CN(C)Cc2ccc(Cl)cc2)C2CC2)o1. The lowest BCUT2D eigenvalue weighted by Gasteiger charge is -2.25. The van der Waals surface area contributed by atoms with Crippen LogP contribution in [0.1, 0.15) is 29.9 Å². The van der Waals surface area contributed by atoms with E-state index in [0.29, 0.717) is 19.1 Å². The number of carbonyl (C=O) groups is 1. The molecule has 128 valence electrons. The van der Waals surface area contributed by atoms with Crippen LogP contribution in [0.4, 0.5) is 0 Å². The van der Waals surface area contributed by atoms with Gasteiger partial charge in [-0.25, -0.2) is 0 Å². The van der Waals surface area contributed by atoms with Crippen molar-refractivity contribution in [3.63, 3.8) is 0 Å². The van der Waals surface area contributed by atoms with Gasteiger partial charge in [-0.05, 0) is 56.6 Å². The zero-order valence-electron chi connectivity index (χ0n) is 14.2. The summed E-state index contributed by atoms with van der Waals surface area (Å²) < 4.78 is 5.63. The molecule has 1 aliphatic carbocycles. The zero-order valence-corrected chi connectivity index (χ0v) is 14.9. The Morgan fingerprint density at radius 3 is 2.46 bits per heavy atom. The Kier molecular flexibility index (Phi) is 5.27. The Labute approximate surface area is 148 Å². The molecule has 24 heavy (non-hydrogen) atoms. The summed E-state index contributed by atoms with van der Waals surface area (Å²) in [6.45, 7) is 3.61. The number of nitrogens with zero attached hydrogens (tertiary/aromatic N) is 2. The van der Waals surface area contributed by atoms with E-state index in [9.17, 15) is 4.79 Å². The highest BCUT2D eigenvalue weighted by molar-refractivity contribution is 6.30. The van der Waals surface area contributed by atoms with Crippen molar-refractivity contribution in [3.8, 4) is 0 Å². The normalized spacial score (nSPS) is 14.2. The molecule has 0 radical (unpaired) electrons. The maximum atomic E-state index is 12.7. The van der Waals surface area contributed by atoms with Crippen molar-refractivity contribution in [2.75, 3.05) is 13.6 Å². The Morgan fingerprint density at radius 2 is 1.88 bits per heavy atom. The van der Waals surface area contributed by atoms with Crippen molar-refractivity contribution in [2.24, 2.45) is 0 Å². The van der Waals surface area contributed by atoms with E-state index >= 15 is 0 Å².